The van der Waals surface area contributed by atoms with Crippen LogP contribution in [-0.2, 0) is 6.54 Å². The van der Waals surface area contributed by atoms with E-state index in [9.17, 15) is 0 Å². The van der Waals surface area contributed by atoms with E-state index in [0.717, 1.165) is 36.3 Å². The first-order valence-electron chi connectivity index (χ1n) is 9.72. The average molecular weight is 485 g/mol. The Morgan fingerprint density at radius 3 is 2.78 bits per heavy atom. The average Bonchev–Trinajstić information content (AvgIpc) is 3.08. The lowest BCUT2D eigenvalue weighted by Gasteiger charge is -2.30. The number of fused-ring (bicyclic) bond motifs is 1. The van der Waals surface area contributed by atoms with Gasteiger partial charge in [-0.1, -0.05) is 13.0 Å². The van der Waals surface area contributed by atoms with Crippen molar-refractivity contribution in [3.63, 3.8) is 0 Å². The number of rotatable bonds is 7. The molecule has 2 aromatic heterocycles. The number of halogens is 1. The molecular weight excluding hydrogens is 453 g/mol. The third-order valence-corrected chi connectivity index (χ3v) is 5.09. The summed E-state index contributed by atoms with van der Waals surface area (Å²) in [5.41, 5.74) is 0.861. The van der Waals surface area contributed by atoms with E-state index in [1.165, 1.54) is 38.9 Å². The molecule has 27 heavy (non-hydrogen) atoms. The van der Waals surface area contributed by atoms with Crippen LogP contribution in [0.2, 0.25) is 0 Å². The Labute approximate surface area is 179 Å². The highest BCUT2D eigenvalue weighted by Crippen LogP contribution is 2.16. The predicted molar refractivity (Wildman–Crippen MR) is 121 cm³/mol. The quantitative estimate of drug-likeness (QED) is 0.273. The van der Waals surface area contributed by atoms with Gasteiger partial charge in [-0.15, -0.1) is 34.2 Å². The van der Waals surface area contributed by atoms with Gasteiger partial charge in [0, 0.05) is 19.8 Å². The van der Waals surface area contributed by atoms with Gasteiger partial charge in [0.1, 0.15) is 0 Å². The molecule has 0 aromatic carbocycles. The van der Waals surface area contributed by atoms with E-state index in [0.29, 0.717) is 6.54 Å². The van der Waals surface area contributed by atoms with Crippen molar-refractivity contribution < 1.29 is 0 Å². The summed E-state index contributed by atoms with van der Waals surface area (Å²) < 4.78 is 1.99. The maximum atomic E-state index is 4.29. The highest BCUT2D eigenvalue weighted by Gasteiger charge is 2.14. The van der Waals surface area contributed by atoms with Gasteiger partial charge in [-0.2, -0.15) is 0 Å². The summed E-state index contributed by atoms with van der Waals surface area (Å²) in [5, 5.41) is 15.1. The third kappa shape index (κ3) is 6.60. The monoisotopic (exact) mass is 485 g/mol. The molecule has 1 aliphatic rings. The first-order valence-corrected chi connectivity index (χ1v) is 9.72. The van der Waals surface area contributed by atoms with Crippen molar-refractivity contribution in [2.24, 2.45) is 10.9 Å². The molecule has 0 radical (unpaired) electrons. The number of piperidine rings is 1. The molecule has 0 atom stereocenters. The second kappa shape index (κ2) is 11.4. The van der Waals surface area contributed by atoms with Gasteiger partial charge in [-0.25, -0.2) is 0 Å². The van der Waals surface area contributed by atoms with Crippen LogP contribution in [0.4, 0.5) is 0 Å². The summed E-state index contributed by atoms with van der Waals surface area (Å²) in [4.78, 5) is 6.89. The van der Waals surface area contributed by atoms with Crippen LogP contribution in [0.5, 0.6) is 0 Å². The van der Waals surface area contributed by atoms with Crippen molar-refractivity contribution in [2.45, 2.75) is 39.2 Å². The zero-order valence-electron chi connectivity index (χ0n) is 16.4. The van der Waals surface area contributed by atoms with Crippen LogP contribution in [0.3, 0.4) is 0 Å². The van der Waals surface area contributed by atoms with E-state index < -0.39 is 0 Å². The molecular formula is C19H32IN7. The van der Waals surface area contributed by atoms with Crippen LogP contribution in [-0.4, -0.2) is 58.7 Å². The van der Waals surface area contributed by atoms with Crippen molar-refractivity contribution in [2.75, 3.05) is 33.2 Å². The summed E-state index contributed by atoms with van der Waals surface area (Å²) >= 11 is 0. The van der Waals surface area contributed by atoms with Crippen molar-refractivity contribution in [3.05, 3.63) is 30.2 Å². The predicted octanol–water partition coefficient (Wildman–Crippen LogP) is 2.52. The molecule has 3 heterocycles. The van der Waals surface area contributed by atoms with E-state index in [-0.39, 0.29) is 24.0 Å². The maximum Gasteiger partial charge on any atom is 0.191 e. The number of aromatic nitrogens is 3. The number of hydrogen-bond acceptors (Lipinski definition) is 4. The van der Waals surface area contributed by atoms with Gasteiger partial charge >= 0.3 is 0 Å². The van der Waals surface area contributed by atoms with Crippen molar-refractivity contribution in [3.8, 4) is 0 Å². The topological polar surface area (TPSA) is 69.8 Å². The lowest BCUT2D eigenvalue weighted by atomic mass is 9.99. The molecule has 0 amide bonds. The third-order valence-electron chi connectivity index (χ3n) is 5.09. The van der Waals surface area contributed by atoms with E-state index in [1.54, 1.807) is 7.05 Å². The van der Waals surface area contributed by atoms with Crippen LogP contribution in [0, 0.1) is 5.92 Å². The SMILES string of the molecule is CN=C(NCCCCN1CCC(C)CC1)NCc1nnc2ccccn12.I. The van der Waals surface area contributed by atoms with Gasteiger partial charge in [-0.05, 0) is 63.4 Å². The highest BCUT2D eigenvalue weighted by atomic mass is 127. The Balaban J connectivity index is 0.00000261. The smallest absolute Gasteiger partial charge is 0.191 e. The van der Waals surface area contributed by atoms with E-state index in [2.05, 4.69) is 37.6 Å². The summed E-state index contributed by atoms with van der Waals surface area (Å²) in [6, 6.07) is 5.90. The van der Waals surface area contributed by atoms with Gasteiger partial charge in [0.25, 0.3) is 0 Å². The van der Waals surface area contributed by atoms with Crippen LogP contribution in [0.1, 0.15) is 38.4 Å². The Kier molecular flexibility index (Phi) is 9.26. The number of aliphatic imine (C=N–C) groups is 1. The molecule has 0 spiro atoms. The number of nitrogens with one attached hydrogen (secondary N) is 2. The minimum absolute atomic E-state index is 0. The molecule has 0 unspecified atom stereocenters. The number of unbranched alkanes of at least 4 members (excludes halogenated alkanes) is 1. The zero-order valence-corrected chi connectivity index (χ0v) is 18.7. The fourth-order valence-electron chi connectivity index (χ4n) is 3.35. The summed E-state index contributed by atoms with van der Waals surface area (Å²) in [5.74, 6) is 2.59. The van der Waals surface area contributed by atoms with E-state index >= 15 is 0 Å². The largest absolute Gasteiger partial charge is 0.356 e. The fourth-order valence-corrected chi connectivity index (χ4v) is 3.35. The number of likely N-dealkylation sites (tertiary alicyclic amines) is 1. The first-order chi connectivity index (χ1) is 12.8. The molecule has 0 aliphatic carbocycles. The number of hydrogen-bond donors (Lipinski definition) is 2. The fraction of sp³-hybridized carbons (Fsp3) is 0.632. The normalized spacial score (nSPS) is 16.3. The number of nitrogens with zero attached hydrogens (tertiary/aromatic N) is 5. The minimum atomic E-state index is 0. The molecule has 0 bridgehead atoms. The number of guanidine groups is 1. The second-order valence-electron chi connectivity index (χ2n) is 7.13. The standard InChI is InChI=1S/C19H31N7.HI/c1-16-8-13-25(14-9-16)11-6-4-10-21-19(20-2)22-15-18-24-23-17-7-3-5-12-26(17)18;/h3,5,7,12,16H,4,6,8-11,13-15H2,1-2H3,(H2,20,21,22);1H. The van der Waals surface area contributed by atoms with Gasteiger partial charge in [0.2, 0.25) is 0 Å². The van der Waals surface area contributed by atoms with Crippen LogP contribution >= 0.6 is 24.0 Å². The van der Waals surface area contributed by atoms with Gasteiger partial charge in [-0.3, -0.25) is 9.39 Å². The highest BCUT2D eigenvalue weighted by molar-refractivity contribution is 14.0. The molecule has 1 saturated heterocycles. The molecule has 2 aromatic rings. The molecule has 8 heteroatoms. The van der Waals surface area contributed by atoms with Gasteiger partial charge in [0.05, 0.1) is 6.54 Å². The molecule has 2 N–H and O–H groups in total. The lowest BCUT2D eigenvalue weighted by Crippen LogP contribution is -2.38. The van der Waals surface area contributed by atoms with Crippen LogP contribution in [0.15, 0.2) is 29.4 Å². The second-order valence-corrected chi connectivity index (χ2v) is 7.13. The first kappa shape index (κ1) is 21.9. The van der Waals surface area contributed by atoms with Crippen molar-refractivity contribution in [1.29, 1.82) is 0 Å². The van der Waals surface area contributed by atoms with Gasteiger partial charge in [0.15, 0.2) is 17.4 Å². The van der Waals surface area contributed by atoms with Crippen LogP contribution in [0.25, 0.3) is 5.65 Å². The summed E-state index contributed by atoms with van der Waals surface area (Å²) in [6.07, 6.45) is 7.07. The van der Waals surface area contributed by atoms with Gasteiger partial charge < -0.3 is 15.5 Å². The van der Waals surface area contributed by atoms with Crippen LogP contribution < -0.4 is 10.6 Å². The Bertz CT molecular complexity index is 707. The van der Waals surface area contributed by atoms with Crippen molar-refractivity contribution >= 4 is 35.6 Å². The molecule has 3 rings (SSSR count). The molecule has 150 valence electrons. The Morgan fingerprint density at radius 2 is 2.00 bits per heavy atom. The van der Waals surface area contributed by atoms with E-state index in [4.69, 9.17) is 0 Å². The molecule has 7 nitrogen and oxygen atoms in total. The molecule has 1 fully saturated rings. The maximum absolute atomic E-state index is 4.29. The van der Waals surface area contributed by atoms with E-state index in [1.807, 2.05) is 28.8 Å². The minimum Gasteiger partial charge on any atom is -0.356 e. The lowest BCUT2D eigenvalue weighted by molar-refractivity contribution is 0.189. The zero-order chi connectivity index (χ0) is 18.2. The molecule has 1 aliphatic heterocycles. The summed E-state index contributed by atoms with van der Waals surface area (Å²) in [7, 11) is 1.80. The Morgan fingerprint density at radius 1 is 1.19 bits per heavy atom. The van der Waals surface area contributed by atoms with Crippen molar-refractivity contribution in [1.82, 2.24) is 30.1 Å². The Hall–Kier alpha value is -1.42. The molecule has 0 saturated carbocycles. The number of pyridine rings is 1. The summed E-state index contributed by atoms with van der Waals surface area (Å²) in [6.45, 7) is 7.64.